The van der Waals surface area contributed by atoms with E-state index in [0.29, 0.717) is 30.0 Å². The molecule has 0 bridgehead atoms. The Balaban J connectivity index is 2.08. The van der Waals surface area contributed by atoms with E-state index in [0.717, 1.165) is 12.8 Å². The molecule has 0 atom stereocenters. The number of Topliss-reactive ketones (excluding diaryl/α,β-unsaturated/α-hetero) is 1. The van der Waals surface area contributed by atoms with Crippen molar-refractivity contribution >= 4 is 21.7 Å². The molecule has 0 saturated carbocycles. The number of carbonyl (C=O) groups excluding carboxylic acids is 1. The van der Waals surface area contributed by atoms with Gasteiger partial charge in [0.25, 0.3) is 0 Å². The first-order valence-corrected chi connectivity index (χ1v) is 6.52. The summed E-state index contributed by atoms with van der Waals surface area (Å²) in [6, 6.07) is 4.60. The van der Waals surface area contributed by atoms with Gasteiger partial charge in [-0.15, -0.1) is 0 Å². The Labute approximate surface area is 108 Å². The SMILES string of the molecule is O=C(CC1CCOCC1)c1c(F)cccc1Br. The second kappa shape index (κ2) is 5.74. The summed E-state index contributed by atoms with van der Waals surface area (Å²) < 4.78 is 19.4. The first-order valence-electron chi connectivity index (χ1n) is 5.73. The van der Waals surface area contributed by atoms with E-state index < -0.39 is 5.82 Å². The van der Waals surface area contributed by atoms with Gasteiger partial charge in [0.15, 0.2) is 5.78 Å². The summed E-state index contributed by atoms with van der Waals surface area (Å²) in [5.41, 5.74) is 0.180. The molecule has 1 aromatic rings. The van der Waals surface area contributed by atoms with Gasteiger partial charge < -0.3 is 4.74 Å². The van der Waals surface area contributed by atoms with E-state index in [4.69, 9.17) is 4.74 Å². The highest BCUT2D eigenvalue weighted by Gasteiger charge is 2.21. The van der Waals surface area contributed by atoms with Crippen molar-refractivity contribution in [2.45, 2.75) is 19.3 Å². The Morgan fingerprint density at radius 3 is 2.76 bits per heavy atom. The van der Waals surface area contributed by atoms with Crippen molar-refractivity contribution in [3.05, 3.63) is 34.1 Å². The van der Waals surface area contributed by atoms with Crippen LogP contribution >= 0.6 is 15.9 Å². The van der Waals surface area contributed by atoms with Gasteiger partial charge in [-0.1, -0.05) is 6.07 Å². The van der Waals surface area contributed by atoms with Crippen LogP contribution in [0.25, 0.3) is 0 Å². The second-order valence-corrected chi connectivity index (χ2v) is 5.13. The predicted octanol–water partition coefficient (Wildman–Crippen LogP) is 3.59. The Morgan fingerprint density at radius 2 is 2.12 bits per heavy atom. The van der Waals surface area contributed by atoms with Crippen LogP contribution in [-0.2, 0) is 4.74 Å². The molecule has 0 N–H and O–H groups in total. The lowest BCUT2D eigenvalue weighted by atomic mass is 9.92. The maximum absolute atomic E-state index is 13.6. The van der Waals surface area contributed by atoms with E-state index in [9.17, 15) is 9.18 Å². The first kappa shape index (κ1) is 12.7. The van der Waals surface area contributed by atoms with Crippen LogP contribution in [0.5, 0.6) is 0 Å². The van der Waals surface area contributed by atoms with Gasteiger partial charge in [-0.25, -0.2) is 4.39 Å². The van der Waals surface area contributed by atoms with Crippen molar-refractivity contribution < 1.29 is 13.9 Å². The smallest absolute Gasteiger partial charge is 0.167 e. The molecule has 0 spiro atoms. The molecule has 92 valence electrons. The van der Waals surface area contributed by atoms with E-state index in [-0.39, 0.29) is 11.3 Å². The fourth-order valence-electron chi connectivity index (χ4n) is 2.08. The maximum atomic E-state index is 13.6. The summed E-state index contributed by atoms with van der Waals surface area (Å²) in [5.74, 6) is -0.249. The van der Waals surface area contributed by atoms with Crippen molar-refractivity contribution in [2.24, 2.45) is 5.92 Å². The van der Waals surface area contributed by atoms with E-state index in [2.05, 4.69) is 15.9 Å². The Morgan fingerprint density at radius 1 is 1.41 bits per heavy atom. The fourth-order valence-corrected chi connectivity index (χ4v) is 2.64. The molecule has 1 aliphatic heterocycles. The summed E-state index contributed by atoms with van der Waals surface area (Å²) in [4.78, 5) is 12.0. The Hall–Kier alpha value is -0.740. The lowest BCUT2D eigenvalue weighted by molar-refractivity contribution is 0.0599. The largest absolute Gasteiger partial charge is 0.381 e. The van der Waals surface area contributed by atoms with Gasteiger partial charge in [0.05, 0.1) is 5.56 Å². The Kier molecular flexibility index (Phi) is 4.29. The molecule has 1 heterocycles. The molecule has 1 saturated heterocycles. The number of halogens is 2. The third kappa shape index (κ3) is 3.13. The first-order chi connectivity index (χ1) is 8.18. The molecule has 2 nitrogen and oxygen atoms in total. The van der Waals surface area contributed by atoms with Crippen LogP contribution in [0.2, 0.25) is 0 Å². The van der Waals surface area contributed by atoms with Gasteiger partial charge in [-0.05, 0) is 46.8 Å². The third-order valence-electron chi connectivity index (χ3n) is 3.06. The van der Waals surface area contributed by atoms with Crippen molar-refractivity contribution in [2.75, 3.05) is 13.2 Å². The van der Waals surface area contributed by atoms with Crippen LogP contribution in [0.3, 0.4) is 0 Å². The summed E-state index contributed by atoms with van der Waals surface area (Å²) in [7, 11) is 0. The van der Waals surface area contributed by atoms with E-state index in [1.165, 1.54) is 6.07 Å². The van der Waals surface area contributed by atoms with Crippen LogP contribution < -0.4 is 0 Å². The van der Waals surface area contributed by atoms with E-state index in [1.807, 2.05) is 0 Å². The summed E-state index contributed by atoms with van der Waals surface area (Å²) in [6.07, 6.45) is 2.18. The molecule has 1 fully saturated rings. The molecule has 1 aliphatic rings. The topological polar surface area (TPSA) is 26.3 Å². The lowest BCUT2D eigenvalue weighted by Gasteiger charge is -2.21. The Bertz CT molecular complexity index is 394. The molecule has 0 amide bonds. The van der Waals surface area contributed by atoms with Gasteiger partial charge in [0.1, 0.15) is 5.82 Å². The second-order valence-electron chi connectivity index (χ2n) is 4.28. The number of ether oxygens (including phenoxy) is 1. The number of carbonyl (C=O) groups is 1. The minimum Gasteiger partial charge on any atom is -0.381 e. The number of benzene rings is 1. The molecule has 2 rings (SSSR count). The quantitative estimate of drug-likeness (QED) is 0.798. The third-order valence-corrected chi connectivity index (χ3v) is 3.72. The van der Waals surface area contributed by atoms with Gasteiger partial charge in [-0.3, -0.25) is 4.79 Å². The maximum Gasteiger partial charge on any atom is 0.167 e. The minimum absolute atomic E-state index is 0.123. The molecule has 0 aromatic heterocycles. The molecular formula is C13H14BrFO2. The van der Waals surface area contributed by atoms with E-state index in [1.54, 1.807) is 12.1 Å². The normalized spacial score (nSPS) is 17.1. The van der Waals surface area contributed by atoms with Crippen LogP contribution in [0.4, 0.5) is 4.39 Å². The molecule has 0 radical (unpaired) electrons. The highest BCUT2D eigenvalue weighted by atomic mass is 79.9. The molecule has 0 aliphatic carbocycles. The zero-order valence-electron chi connectivity index (χ0n) is 9.42. The summed E-state index contributed by atoms with van der Waals surface area (Å²) in [6.45, 7) is 1.41. The van der Waals surface area contributed by atoms with Crippen molar-refractivity contribution in [1.29, 1.82) is 0 Å². The van der Waals surface area contributed by atoms with Crippen molar-refractivity contribution in [3.8, 4) is 0 Å². The average molecular weight is 301 g/mol. The monoisotopic (exact) mass is 300 g/mol. The molecular weight excluding hydrogens is 287 g/mol. The highest BCUT2D eigenvalue weighted by Crippen LogP contribution is 2.25. The standard InChI is InChI=1S/C13H14BrFO2/c14-10-2-1-3-11(15)13(10)12(16)8-9-4-6-17-7-5-9/h1-3,9H,4-8H2. The highest BCUT2D eigenvalue weighted by molar-refractivity contribution is 9.10. The van der Waals surface area contributed by atoms with Gasteiger partial charge in [0, 0.05) is 24.1 Å². The van der Waals surface area contributed by atoms with Crippen LogP contribution in [0.1, 0.15) is 29.6 Å². The van der Waals surface area contributed by atoms with E-state index >= 15 is 0 Å². The molecule has 1 aromatic carbocycles. The van der Waals surface area contributed by atoms with Gasteiger partial charge in [0.2, 0.25) is 0 Å². The zero-order valence-corrected chi connectivity index (χ0v) is 11.0. The molecule has 0 unspecified atom stereocenters. The molecule has 4 heteroatoms. The lowest BCUT2D eigenvalue weighted by Crippen LogP contribution is -2.19. The summed E-state index contributed by atoms with van der Waals surface area (Å²) >= 11 is 3.23. The van der Waals surface area contributed by atoms with Gasteiger partial charge >= 0.3 is 0 Å². The number of hydrogen-bond acceptors (Lipinski definition) is 2. The van der Waals surface area contributed by atoms with Gasteiger partial charge in [-0.2, -0.15) is 0 Å². The van der Waals surface area contributed by atoms with Crippen LogP contribution in [0, 0.1) is 11.7 Å². The zero-order chi connectivity index (χ0) is 12.3. The number of hydrogen-bond donors (Lipinski definition) is 0. The number of ketones is 1. The minimum atomic E-state index is -0.448. The fraction of sp³-hybridized carbons (Fsp3) is 0.462. The summed E-state index contributed by atoms with van der Waals surface area (Å²) in [5, 5.41) is 0. The molecule has 17 heavy (non-hydrogen) atoms. The van der Waals surface area contributed by atoms with Crippen molar-refractivity contribution in [1.82, 2.24) is 0 Å². The number of rotatable bonds is 3. The van der Waals surface area contributed by atoms with Crippen molar-refractivity contribution in [3.63, 3.8) is 0 Å². The van der Waals surface area contributed by atoms with Crippen LogP contribution in [0.15, 0.2) is 22.7 Å². The van der Waals surface area contributed by atoms with Crippen LogP contribution in [-0.4, -0.2) is 19.0 Å². The predicted molar refractivity (Wildman–Crippen MR) is 66.6 cm³/mol. The average Bonchev–Trinajstić information content (AvgIpc) is 2.30.